The fraction of sp³-hybridized carbons (Fsp3) is 0.944. The van der Waals surface area contributed by atoms with Gasteiger partial charge in [-0.2, -0.15) is 0 Å². The molecule has 1 N–H and O–H groups in total. The maximum atomic E-state index is 12.2. The normalized spacial score (nSPS) is 29.0. The predicted octanol–water partition coefficient (Wildman–Crippen LogP) is 3.30. The molecule has 1 aliphatic heterocycles. The Morgan fingerprint density at radius 2 is 2.04 bits per heavy atom. The molecule has 0 bridgehead atoms. The van der Waals surface area contributed by atoms with Gasteiger partial charge >= 0.3 is 0 Å². The molecule has 0 spiro atoms. The first kappa shape index (κ1) is 23.0. The van der Waals surface area contributed by atoms with Crippen molar-refractivity contribution in [2.45, 2.75) is 64.5 Å². The van der Waals surface area contributed by atoms with Crippen LogP contribution in [0.4, 0.5) is 0 Å². The molecule has 5 nitrogen and oxygen atoms in total. The number of halogens is 1. The summed E-state index contributed by atoms with van der Waals surface area (Å²) in [7, 11) is -3.01. The van der Waals surface area contributed by atoms with Crippen LogP contribution in [0.1, 0.15) is 59.8 Å². The summed E-state index contributed by atoms with van der Waals surface area (Å²) in [5, 5.41) is 3.35. The van der Waals surface area contributed by atoms with Crippen molar-refractivity contribution >= 4 is 39.8 Å². The quantitative estimate of drug-likeness (QED) is 0.377. The largest absolute Gasteiger partial charge is 0.357 e. The van der Waals surface area contributed by atoms with Crippen LogP contribution in [-0.4, -0.2) is 56.0 Å². The van der Waals surface area contributed by atoms with Gasteiger partial charge in [-0.25, -0.2) is 8.42 Å². The van der Waals surface area contributed by atoms with Crippen LogP contribution in [-0.2, 0) is 9.84 Å². The zero-order valence-corrected chi connectivity index (χ0v) is 19.4. The van der Waals surface area contributed by atoms with Gasteiger partial charge in [-0.1, -0.05) is 26.2 Å². The summed E-state index contributed by atoms with van der Waals surface area (Å²) in [6.45, 7) is 10.8. The average molecular weight is 485 g/mol. The number of sulfone groups is 1. The molecule has 1 saturated carbocycles. The molecular weight excluding hydrogens is 449 g/mol. The van der Waals surface area contributed by atoms with Crippen LogP contribution in [0.15, 0.2) is 4.99 Å². The van der Waals surface area contributed by atoms with Crippen molar-refractivity contribution in [3.63, 3.8) is 0 Å². The number of rotatable bonds is 4. The summed E-state index contributed by atoms with van der Waals surface area (Å²) in [4.78, 5) is 6.93. The Hall–Kier alpha value is -0.0500. The molecule has 2 unspecified atom stereocenters. The second-order valence-corrected chi connectivity index (χ2v) is 10.9. The van der Waals surface area contributed by atoms with Gasteiger partial charge in [0.15, 0.2) is 15.8 Å². The summed E-state index contributed by atoms with van der Waals surface area (Å²) in [5.74, 6) is 2.75. The lowest BCUT2D eigenvalue weighted by Gasteiger charge is -2.39. The van der Waals surface area contributed by atoms with Gasteiger partial charge in [0.2, 0.25) is 0 Å². The monoisotopic (exact) mass is 485 g/mol. The number of aliphatic imine (C=N–C) groups is 1. The Balaban J connectivity index is 0.00000312. The van der Waals surface area contributed by atoms with Crippen LogP contribution < -0.4 is 5.32 Å². The van der Waals surface area contributed by atoms with E-state index in [2.05, 4.69) is 24.1 Å². The van der Waals surface area contributed by atoms with E-state index in [0.717, 1.165) is 37.3 Å². The molecular formula is C18H36IN3O2S. The lowest BCUT2D eigenvalue weighted by Crippen LogP contribution is -2.57. The van der Waals surface area contributed by atoms with Crippen molar-refractivity contribution in [1.29, 1.82) is 0 Å². The Kier molecular flexibility index (Phi) is 8.98. The second-order valence-electron chi connectivity index (χ2n) is 8.16. The number of guanidine groups is 1. The van der Waals surface area contributed by atoms with Crippen molar-refractivity contribution in [2.24, 2.45) is 16.8 Å². The molecule has 148 valence electrons. The summed E-state index contributed by atoms with van der Waals surface area (Å²) < 4.78 is 23.7. The fourth-order valence-electron chi connectivity index (χ4n) is 3.93. The lowest BCUT2D eigenvalue weighted by atomic mass is 9.81. The zero-order valence-electron chi connectivity index (χ0n) is 16.3. The third kappa shape index (κ3) is 6.26. The average Bonchev–Trinajstić information content (AvgIpc) is 2.49. The summed E-state index contributed by atoms with van der Waals surface area (Å²) in [6, 6.07) is 0. The SMILES string of the molecule is CCNC(=NCCC1CCCC(C)C1)N1CCS(=O)(=O)C(C)(C)C1.I. The minimum atomic E-state index is -3.01. The van der Waals surface area contributed by atoms with Gasteiger partial charge < -0.3 is 10.2 Å². The van der Waals surface area contributed by atoms with Crippen molar-refractivity contribution in [1.82, 2.24) is 10.2 Å². The number of hydrogen-bond donors (Lipinski definition) is 1. The van der Waals surface area contributed by atoms with Crippen LogP contribution >= 0.6 is 24.0 Å². The minimum absolute atomic E-state index is 0. The van der Waals surface area contributed by atoms with E-state index in [1.165, 1.54) is 25.7 Å². The molecule has 2 rings (SSSR count). The minimum Gasteiger partial charge on any atom is -0.357 e. The number of nitrogens with one attached hydrogen (secondary N) is 1. The highest BCUT2D eigenvalue weighted by Gasteiger charge is 2.40. The van der Waals surface area contributed by atoms with Crippen LogP contribution in [0.3, 0.4) is 0 Å². The molecule has 0 amide bonds. The molecule has 2 atom stereocenters. The summed E-state index contributed by atoms with van der Waals surface area (Å²) in [6.07, 6.45) is 6.55. The molecule has 0 aromatic heterocycles. The lowest BCUT2D eigenvalue weighted by molar-refractivity contribution is 0.272. The van der Waals surface area contributed by atoms with Gasteiger partial charge in [0.1, 0.15) is 0 Å². The molecule has 2 fully saturated rings. The topological polar surface area (TPSA) is 61.8 Å². The predicted molar refractivity (Wildman–Crippen MR) is 117 cm³/mol. The van der Waals surface area contributed by atoms with Gasteiger partial charge in [0.05, 0.1) is 10.5 Å². The molecule has 0 radical (unpaired) electrons. The third-order valence-corrected chi connectivity index (χ3v) is 8.05. The molecule has 0 aromatic rings. The molecule has 1 saturated heterocycles. The van der Waals surface area contributed by atoms with E-state index in [9.17, 15) is 8.42 Å². The Labute approximate surface area is 171 Å². The van der Waals surface area contributed by atoms with E-state index in [1.54, 1.807) is 0 Å². The maximum absolute atomic E-state index is 12.2. The van der Waals surface area contributed by atoms with E-state index < -0.39 is 14.6 Å². The van der Waals surface area contributed by atoms with Crippen LogP contribution in [0, 0.1) is 11.8 Å². The second kappa shape index (κ2) is 9.76. The molecule has 1 heterocycles. The van der Waals surface area contributed by atoms with Crippen molar-refractivity contribution in [2.75, 3.05) is 31.9 Å². The summed E-state index contributed by atoms with van der Waals surface area (Å²) >= 11 is 0. The van der Waals surface area contributed by atoms with E-state index >= 15 is 0 Å². The smallest absolute Gasteiger partial charge is 0.193 e. The number of hydrogen-bond acceptors (Lipinski definition) is 3. The van der Waals surface area contributed by atoms with Crippen molar-refractivity contribution in [3.05, 3.63) is 0 Å². The van der Waals surface area contributed by atoms with Crippen molar-refractivity contribution < 1.29 is 8.42 Å². The first-order chi connectivity index (χ1) is 11.2. The Morgan fingerprint density at radius 1 is 1.32 bits per heavy atom. The highest BCUT2D eigenvalue weighted by Crippen LogP contribution is 2.30. The Morgan fingerprint density at radius 3 is 2.64 bits per heavy atom. The van der Waals surface area contributed by atoms with Crippen LogP contribution in [0.5, 0.6) is 0 Å². The maximum Gasteiger partial charge on any atom is 0.193 e. The van der Waals surface area contributed by atoms with Crippen LogP contribution in [0.25, 0.3) is 0 Å². The van der Waals surface area contributed by atoms with Crippen molar-refractivity contribution in [3.8, 4) is 0 Å². The first-order valence-corrected chi connectivity index (χ1v) is 11.2. The number of nitrogens with zero attached hydrogens (tertiary/aromatic N) is 2. The molecule has 2 aliphatic rings. The van der Waals surface area contributed by atoms with E-state index in [1.807, 2.05) is 13.8 Å². The van der Waals surface area contributed by atoms with Gasteiger partial charge in [-0.05, 0) is 45.4 Å². The highest BCUT2D eigenvalue weighted by atomic mass is 127. The fourth-order valence-corrected chi connectivity index (χ4v) is 5.29. The zero-order chi connectivity index (χ0) is 17.8. The molecule has 7 heteroatoms. The van der Waals surface area contributed by atoms with E-state index in [4.69, 9.17) is 4.99 Å². The molecule has 0 aromatic carbocycles. The molecule has 1 aliphatic carbocycles. The first-order valence-electron chi connectivity index (χ1n) is 9.50. The summed E-state index contributed by atoms with van der Waals surface area (Å²) in [5.41, 5.74) is 0. The molecule has 25 heavy (non-hydrogen) atoms. The van der Waals surface area contributed by atoms with E-state index in [-0.39, 0.29) is 29.7 Å². The van der Waals surface area contributed by atoms with E-state index in [0.29, 0.717) is 13.1 Å². The van der Waals surface area contributed by atoms with Gasteiger partial charge in [-0.15, -0.1) is 24.0 Å². The van der Waals surface area contributed by atoms with Gasteiger partial charge in [0.25, 0.3) is 0 Å². The van der Waals surface area contributed by atoms with Gasteiger partial charge in [0, 0.05) is 26.2 Å². The van der Waals surface area contributed by atoms with Crippen LogP contribution in [0.2, 0.25) is 0 Å². The highest BCUT2D eigenvalue weighted by molar-refractivity contribution is 14.0. The standard InChI is InChI=1S/C18H35N3O2S.HI/c1-5-19-17(20-10-9-16-8-6-7-15(2)13-16)21-11-12-24(22,23)18(3,4)14-21;/h15-16H,5-14H2,1-4H3,(H,19,20);1H. The Bertz CT molecular complexity index is 549. The van der Waals surface area contributed by atoms with Gasteiger partial charge in [-0.3, -0.25) is 4.99 Å². The third-order valence-electron chi connectivity index (χ3n) is 5.52.